The van der Waals surface area contributed by atoms with Crippen molar-refractivity contribution in [2.75, 3.05) is 13.7 Å². The van der Waals surface area contributed by atoms with Crippen LogP contribution in [0.2, 0.25) is 0 Å². The van der Waals surface area contributed by atoms with Gasteiger partial charge in [-0.15, -0.1) is 0 Å². The molecular formula is C20H21NO5. The van der Waals surface area contributed by atoms with Gasteiger partial charge in [0.15, 0.2) is 12.4 Å². The SMILES string of the molecule is COC(=O)c1ccc(OCC(=O)N[C@@H](Cc2ccccc2)C(C)=O)cc1. The van der Waals surface area contributed by atoms with Crippen LogP contribution in [0.5, 0.6) is 5.75 Å². The Hall–Kier alpha value is -3.15. The Morgan fingerprint density at radius 1 is 1.00 bits per heavy atom. The molecule has 6 nitrogen and oxygen atoms in total. The topological polar surface area (TPSA) is 81.7 Å². The van der Waals surface area contributed by atoms with Crippen LogP contribution in [0.3, 0.4) is 0 Å². The van der Waals surface area contributed by atoms with E-state index in [4.69, 9.17) is 4.74 Å². The summed E-state index contributed by atoms with van der Waals surface area (Å²) in [6.45, 7) is 1.22. The molecule has 0 aliphatic rings. The number of ether oxygens (including phenoxy) is 2. The van der Waals surface area contributed by atoms with Crippen LogP contribution in [-0.2, 0) is 20.7 Å². The maximum atomic E-state index is 12.1. The van der Waals surface area contributed by atoms with Gasteiger partial charge in [0.1, 0.15) is 5.75 Å². The van der Waals surface area contributed by atoms with Gasteiger partial charge in [0.05, 0.1) is 18.7 Å². The summed E-state index contributed by atoms with van der Waals surface area (Å²) in [5.74, 6) is -0.516. The van der Waals surface area contributed by atoms with E-state index in [1.165, 1.54) is 14.0 Å². The molecule has 1 N–H and O–H groups in total. The third-order valence-corrected chi connectivity index (χ3v) is 3.75. The third kappa shape index (κ3) is 5.73. The Kier molecular flexibility index (Phi) is 6.91. The number of ketones is 1. The van der Waals surface area contributed by atoms with Crippen LogP contribution in [0.25, 0.3) is 0 Å². The summed E-state index contributed by atoms with van der Waals surface area (Å²) in [7, 11) is 1.30. The van der Waals surface area contributed by atoms with Gasteiger partial charge in [-0.25, -0.2) is 4.79 Å². The first-order valence-corrected chi connectivity index (χ1v) is 8.14. The number of nitrogens with one attached hydrogen (secondary N) is 1. The molecule has 0 saturated heterocycles. The highest BCUT2D eigenvalue weighted by atomic mass is 16.5. The molecule has 0 radical (unpaired) electrons. The van der Waals surface area contributed by atoms with E-state index in [9.17, 15) is 14.4 Å². The van der Waals surface area contributed by atoms with Crippen LogP contribution in [0.4, 0.5) is 0 Å². The van der Waals surface area contributed by atoms with Gasteiger partial charge in [0.25, 0.3) is 5.91 Å². The molecular weight excluding hydrogens is 334 g/mol. The first-order valence-electron chi connectivity index (χ1n) is 8.14. The van der Waals surface area contributed by atoms with Crippen molar-refractivity contribution in [2.24, 2.45) is 0 Å². The molecule has 0 fully saturated rings. The van der Waals surface area contributed by atoms with E-state index in [0.717, 1.165) is 5.56 Å². The fraction of sp³-hybridized carbons (Fsp3) is 0.250. The van der Waals surface area contributed by atoms with Crippen molar-refractivity contribution in [2.45, 2.75) is 19.4 Å². The highest BCUT2D eigenvalue weighted by Gasteiger charge is 2.18. The lowest BCUT2D eigenvalue weighted by atomic mass is 10.0. The summed E-state index contributed by atoms with van der Waals surface area (Å²) >= 11 is 0. The number of hydrogen-bond donors (Lipinski definition) is 1. The summed E-state index contributed by atoms with van der Waals surface area (Å²) in [5.41, 5.74) is 1.36. The van der Waals surface area contributed by atoms with E-state index in [1.807, 2.05) is 30.3 Å². The van der Waals surface area contributed by atoms with Crippen molar-refractivity contribution in [3.8, 4) is 5.75 Å². The first kappa shape index (κ1) is 19.2. The highest BCUT2D eigenvalue weighted by molar-refractivity contribution is 5.89. The van der Waals surface area contributed by atoms with Crippen molar-refractivity contribution >= 4 is 17.7 Å². The molecule has 2 aromatic carbocycles. The minimum atomic E-state index is -0.602. The fourth-order valence-corrected chi connectivity index (χ4v) is 2.34. The summed E-state index contributed by atoms with van der Waals surface area (Å²) in [6.07, 6.45) is 0.426. The van der Waals surface area contributed by atoms with E-state index in [0.29, 0.717) is 17.7 Å². The van der Waals surface area contributed by atoms with Crippen LogP contribution in [0, 0.1) is 0 Å². The molecule has 0 saturated carbocycles. The quantitative estimate of drug-likeness (QED) is 0.734. The number of hydrogen-bond acceptors (Lipinski definition) is 5. The number of methoxy groups -OCH3 is 1. The van der Waals surface area contributed by atoms with Crippen LogP contribution >= 0.6 is 0 Å². The zero-order valence-electron chi connectivity index (χ0n) is 14.7. The number of rotatable bonds is 8. The zero-order valence-corrected chi connectivity index (χ0v) is 14.7. The molecule has 2 aromatic rings. The Morgan fingerprint density at radius 3 is 2.23 bits per heavy atom. The molecule has 0 aromatic heterocycles. The number of amides is 1. The highest BCUT2D eigenvalue weighted by Crippen LogP contribution is 2.13. The predicted molar refractivity (Wildman–Crippen MR) is 96.0 cm³/mol. The van der Waals surface area contributed by atoms with Crippen LogP contribution < -0.4 is 10.1 Å². The lowest BCUT2D eigenvalue weighted by Crippen LogP contribution is -2.43. The number of Topliss-reactive ketones (excluding diaryl/α,β-unsaturated/α-hetero) is 1. The maximum absolute atomic E-state index is 12.1. The van der Waals surface area contributed by atoms with Gasteiger partial charge >= 0.3 is 5.97 Å². The standard InChI is InChI=1S/C20H21NO5/c1-14(22)18(12-15-6-4-3-5-7-15)21-19(23)13-26-17-10-8-16(9-11-17)20(24)25-2/h3-11,18H,12-13H2,1-2H3,(H,21,23)/t18-/m0/s1. The second-order valence-electron chi connectivity index (χ2n) is 5.73. The molecule has 136 valence electrons. The molecule has 0 aliphatic carbocycles. The molecule has 0 spiro atoms. The molecule has 1 amide bonds. The van der Waals surface area contributed by atoms with Crippen molar-refractivity contribution in [3.63, 3.8) is 0 Å². The van der Waals surface area contributed by atoms with Crippen molar-refractivity contribution in [1.29, 1.82) is 0 Å². The van der Waals surface area contributed by atoms with Crippen molar-refractivity contribution < 1.29 is 23.9 Å². The van der Waals surface area contributed by atoms with Gasteiger partial charge in [-0.3, -0.25) is 9.59 Å². The zero-order chi connectivity index (χ0) is 18.9. The van der Waals surface area contributed by atoms with Gasteiger partial charge in [-0.1, -0.05) is 30.3 Å². The molecule has 1 atom stereocenters. The smallest absolute Gasteiger partial charge is 0.337 e. The Bertz CT molecular complexity index is 756. The number of benzene rings is 2. The fourth-order valence-electron chi connectivity index (χ4n) is 2.34. The molecule has 6 heteroatoms. The second-order valence-corrected chi connectivity index (χ2v) is 5.73. The normalized spacial score (nSPS) is 11.3. The second kappa shape index (κ2) is 9.36. The van der Waals surface area contributed by atoms with Gasteiger partial charge in [0.2, 0.25) is 0 Å². The summed E-state index contributed by atoms with van der Waals surface area (Å²) in [4.78, 5) is 35.2. The van der Waals surface area contributed by atoms with Gasteiger partial charge in [0, 0.05) is 0 Å². The average molecular weight is 355 g/mol. The summed E-state index contributed by atoms with van der Waals surface area (Å²) < 4.78 is 10.0. The lowest BCUT2D eigenvalue weighted by Gasteiger charge is -2.16. The first-order chi connectivity index (χ1) is 12.5. The van der Waals surface area contributed by atoms with E-state index < -0.39 is 17.9 Å². The number of carbonyl (C=O) groups is 3. The van der Waals surface area contributed by atoms with Gasteiger partial charge < -0.3 is 14.8 Å². The molecule has 26 heavy (non-hydrogen) atoms. The molecule has 0 heterocycles. The summed E-state index contributed by atoms with van der Waals surface area (Å²) in [6, 6.07) is 15.1. The third-order valence-electron chi connectivity index (χ3n) is 3.75. The van der Waals surface area contributed by atoms with Gasteiger partial charge in [-0.05, 0) is 43.2 Å². The Balaban J connectivity index is 1.88. The maximum Gasteiger partial charge on any atom is 0.337 e. The van der Waals surface area contributed by atoms with Crippen LogP contribution in [-0.4, -0.2) is 37.4 Å². The average Bonchev–Trinajstić information content (AvgIpc) is 2.66. The summed E-state index contributed by atoms with van der Waals surface area (Å²) in [5, 5.41) is 2.69. The molecule has 0 bridgehead atoms. The van der Waals surface area contributed by atoms with E-state index in [2.05, 4.69) is 10.1 Å². The molecule has 0 aliphatic heterocycles. The van der Waals surface area contributed by atoms with Crippen LogP contribution in [0.1, 0.15) is 22.8 Å². The van der Waals surface area contributed by atoms with E-state index in [-0.39, 0.29) is 12.4 Å². The molecule has 2 rings (SSSR count). The van der Waals surface area contributed by atoms with Crippen molar-refractivity contribution in [1.82, 2.24) is 5.32 Å². The number of carbonyl (C=O) groups excluding carboxylic acids is 3. The monoisotopic (exact) mass is 355 g/mol. The minimum Gasteiger partial charge on any atom is -0.484 e. The largest absolute Gasteiger partial charge is 0.484 e. The van der Waals surface area contributed by atoms with E-state index >= 15 is 0 Å². The van der Waals surface area contributed by atoms with Crippen molar-refractivity contribution in [3.05, 3.63) is 65.7 Å². The lowest BCUT2D eigenvalue weighted by molar-refractivity contribution is -0.128. The Labute approximate surface area is 152 Å². The number of esters is 1. The Morgan fingerprint density at radius 2 is 1.65 bits per heavy atom. The van der Waals surface area contributed by atoms with Crippen LogP contribution in [0.15, 0.2) is 54.6 Å². The van der Waals surface area contributed by atoms with E-state index in [1.54, 1.807) is 24.3 Å². The van der Waals surface area contributed by atoms with Gasteiger partial charge in [-0.2, -0.15) is 0 Å². The molecule has 0 unspecified atom stereocenters. The minimum absolute atomic E-state index is 0.121. The predicted octanol–water partition coefficient (Wildman–Crippen LogP) is 2.17.